The van der Waals surface area contributed by atoms with Crippen LogP contribution in [0.2, 0.25) is 0 Å². The topological polar surface area (TPSA) is 46.2 Å². The molecule has 3 nitrogen and oxygen atoms in total. The maximum atomic E-state index is 11.8. The molecule has 0 aromatic heterocycles. The van der Waals surface area contributed by atoms with Crippen LogP contribution in [0.5, 0.6) is 0 Å². The van der Waals surface area contributed by atoms with E-state index in [1.54, 1.807) is 0 Å². The molecule has 0 bridgehead atoms. The highest BCUT2D eigenvalue weighted by Crippen LogP contribution is 2.17. The lowest BCUT2D eigenvalue weighted by molar-refractivity contribution is 0.495. The summed E-state index contributed by atoms with van der Waals surface area (Å²) in [6.07, 6.45) is 0. The molecule has 0 saturated carbocycles. The average Bonchev–Trinajstić information content (AvgIpc) is 1.97. The molecule has 82 valence electrons. The molecule has 1 aromatic carbocycles. The molecular weight excluding hydrogens is 278 g/mol. The maximum absolute atomic E-state index is 11.8. The zero-order valence-electron chi connectivity index (χ0n) is 8.11. The van der Waals surface area contributed by atoms with Gasteiger partial charge in [0.1, 0.15) is 0 Å². The van der Waals surface area contributed by atoms with Gasteiger partial charge in [-0.15, -0.1) is 0 Å². The van der Waals surface area contributed by atoms with Crippen molar-refractivity contribution < 1.29 is 8.42 Å². The van der Waals surface area contributed by atoms with E-state index in [4.69, 9.17) is 0 Å². The molecule has 1 aliphatic heterocycles. The second kappa shape index (κ2) is 4.23. The molecular formula is C10H12BrNO2S. The molecule has 0 atom stereocenters. The molecule has 0 radical (unpaired) electrons. The van der Waals surface area contributed by atoms with Crippen LogP contribution in [-0.4, -0.2) is 26.8 Å². The summed E-state index contributed by atoms with van der Waals surface area (Å²) < 4.78 is 24.6. The van der Waals surface area contributed by atoms with Gasteiger partial charge in [-0.25, -0.2) is 8.42 Å². The summed E-state index contributed by atoms with van der Waals surface area (Å²) in [5, 5.41) is 2.78. The van der Waals surface area contributed by atoms with E-state index in [0.717, 1.165) is 10.0 Å². The number of benzene rings is 1. The van der Waals surface area contributed by atoms with Crippen LogP contribution >= 0.6 is 15.9 Å². The van der Waals surface area contributed by atoms with Crippen molar-refractivity contribution in [3.05, 3.63) is 34.3 Å². The van der Waals surface area contributed by atoms with E-state index in [1.165, 1.54) is 0 Å². The molecule has 1 saturated heterocycles. The first-order valence-electron chi connectivity index (χ1n) is 4.75. The van der Waals surface area contributed by atoms with E-state index in [9.17, 15) is 8.42 Å². The molecule has 1 aliphatic rings. The third-order valence-corrected chi connectivity index (χ3v) is 5.09. The fourth-order valence-corrected chi connectivity index (χ4v) is 3.56. The SMILES string of the molecule is O=S(=O)(Cc1cccc(Br)c1)C1CNC1. The van der Waals surface area contributed by atoms with Gasteiger partial charge in [0.2, 0.25) is 0 Å². The zero-order valence-corrected chi connectivity index (χ0v) is 10.5. The quantitative estimate of drug-likeness (QED) is 0.913. The van der Waals surface area contributed by atoms with Crippen molar-refractivity contribution in [1.29, 1.82) is 0 Å². The lowest BCUT2D eigenvalue weighted by Gasteiger charge is -2.26. The smallest absolute Gasteiger partial charge is 0.159 e. The summed E-state index contributed by atoms with van der Waals surface area (Å²) in [5.74, 6) is 0.138. The third kappa shape index (κ3) is 2.59. The first-order chi connectivity index (χ1) is 7.08. The predicted octanol–water partition coefficient (Wildman–Crippen LogP) is 1.34. The van der Waals surface area contributed by atoms with Gasteiger partial charge in [-0.3, -0.25) is 0 Å². The van der Waals surface area contributed by atoms with Crippen LogP contribution in [0, 0.1) is 0 Å². The minimum atomic E-state index is -2.98. The van der Waals surface area contributed by atoms with Gasteiger partial charge in [-0.05, 0) is 17.7 Å². The molecule has 1 N–H and O–H groups in total. The Morgan fingerprint density at radius 1 is 1.40 bits per heavy atom. The molecule has 1 heterocycles. The van der Waals surface area contributed by atoms with Crippen molar-refractivity contribution >= 4 is 25.8 Å². The Kier molecular flexibility index (Phi) is 3.13. The van der Waals surface area contributed by atoms with Gasteiger partial charge in [0.15, 0.2) is 9.84 Å². The van der Waals surface area contributed by atoms with E-state index >= 15 is 0 Å². The normalized spacial score (nSPS) is 17.4. The first kappa shape index (κ1) is 11.1. The fourth-order valence-electron chi connectivity index (χ4n) is 1.49. The van der Waals surface area contributed by atoms with Gasteiger partial charge in [-0.2, -0.15) is 0 Å². The summed E-state index contributed by atoms with van der Waals surface area (Å²) in [6, 6.07) is 7.44. The molecule has 2 rings (SSSR count). The maximum Gasteiger partial charge on any atom is 0.159 e. The highest BCUT2D eigenvalue weighted by Gasteiger charge is 2.30. The van der Waals surface area contributed by atoms with E-state index in [0.29, 0.717) is 13.1 Å². The van der Waals surface area contributed by atoms with Crippen molar-refractivity contribution in [2.75, 3.05) is 13.1 Å². The van der Waals surface area contributed by atoms with Gasteiger partial charge in [0.05, 0.1) is 11.0 Å². The number of sulfone groups is 1. The Morgan fingerprint density at radius 2 is 2.13 bits per heavy atom. The monoisotopic (exact) mass is 289 g/mol. The predicted molar refractivity (Wildman–Crippen MR) is 63.4 cm³/mol. The van der Waals surface area contributed by atoms with Gasteiger partial charge in [-0.1, -0.05) is 28.1 Å². The van der Waals surface area contributed by atoms with Crippen LogP contribution in [0.4, 0.5) is 0 Å². The standard InChI is InChI=1S/C10H12BrNO2S/c11-9-3-1-2-8(4-9)7-15(13,14)10-5-12-6-10/h1-4,10,12H,5-7H2. The van der Waals surface area contributed by atoms with Crippen molar-refractivity contribution in [3.8, 4) is 0 Å². The highest BCUT2D eigenvalue weighted by atomic mass is 79.9. The Balaban J connectivity index is 2.14. The fraction of sp³-hybridized carbons (Fsp3) is 0.400. The molecule has 0 spiro atoms. The summed E-state index contributed by atoms with van der Waals surface area (Å²) >= 11 is 3.33. The van der Waals surface area contributed by atoms with E-state index < -0.39 is 9.84 Å². The van der Waals surface area contributed by atoms with Crippen molar-refractivity contribution in [2.45, 2.75) is 11.0 Å². The average molecular weight is 290 g/mol. The number of rotatable bonds is 3. The molecule has 15 heavy (non-hydrogen) atoms. The summed E-state index contributed by atoms with van der Waals surface area (Å²) in [4.78, 5) is 0. The van der Waals surface area contributed by atoms with Crippen molar-refractivity contribution in [3.63, 3.8) is 0 Å². The van der Waals surface area contributed by atoms with Gasteiger partial charge in [0.25, 0.3) is 0 Å². The lowest BCUT2D eigenvalue weighted by atomic mass is 10.2. The minimum absolute atomic E-state index is 0.138. The molecule has 0 aliphatic carbocycles. The number of hydrogen-bond acceptors (Lipinski definition) is 3. The summed E-state index contributed by atoms with van der Waals surface area (Å²) in [6.45, 7) is 1.19. The summed E-state index contributed by atoms with van der Waals surface area (Å²) in [7, 11) is -2.98. The molecule has 5 heteroatoms. The van der Waals surface area contributed by atoms with Crippen LogP contribution in [0.25, 0.3) is 0 Å². The highest BCUT2D eigenvalue weighted by molar-refractivity contribution is 9.10. The molecule has 1 fully saturated rings. The number of halogens is 1. The van der Waals surface area contributed by atoms with Crippen molar-refractivity contribution in [1.82, 2.24) is 5.32 Å². The largest absolute Gasteiger partial charge is 0.314 e. The molecule has 0 amide bonds. The van der Waals surface area contributed by atoms with Gasteiger partial charge < -0.3 is 5.32 Å². The molecule has 1 aromatic rings. The minimum Gasteiger partial charge on any atom is -0.314 e. The number of hydrogen-bond donors (Lipinski definition) is 1. The van der Waals surface area contributed by atoms with Crippen molar-refractivity contribution in [2.24, 2.45) is 0 Å². The van der Waals surface area contributed by atoms with Crippen LogP contribution in [0.3, 0.4) is 0 Å². The van der Waals surface area contributed by atoms with Crippen LogP contribution in [0.15, 0.2) is 28.7 Å². The van der Waals surface area contributed by atoms with Crippen LogP contribution < -0.4 is 5.32 Å². The first-order valence-corrected chi connectivity index (χ1v) is 7.25. The second-order valence-electron chi connectivity index (χ2n) is 3.72. The lowest BCUT2D eigenvalue weighted by Crippen LogP contribution is -2.51. The Hall–Kier alpha value is -0.390. The Labute approximate surface area is 97.9 Å². The Bertz CT molecular complexity index is 454. The van der Waals surface area contributed by atoms with E-state index in [2.05, 4.69) is 21.2 Å². The Morgan fingerprint density at radius 3 is 2.67 bits per heavy atom. The zero-order chi connectivity index (χ0) is 10.9. The molecule has 0 unspecified atom stereocenters. The van der Waals surface area contributed by atoms with Gasteiger partial charge >= 0.3 is 0 Å². The van der Waals surface area contributed by atoms with Crippen LogP contribution in [-0.2, 0) is 15.6 Å². The summed E-state index contributed by atoms with van der Waals surface area (Å²) in [5.41, 5.74) is 0.844. The third-order valence-electron chi connectivity index (χ3n) is 2.51. The van der Waals surface area contributed by atoms with Crippen LogP contribution in [0.1, 0.15) is 5.56 Å². The second-order valence-corrected chi connectivity index (χ2v) is 6.91. The number of nitrogens with one attached hydrogen (secondary N) is 1. The van der Waals surface area contributed by atoms with E-state index in [1.807, 2.05) is 24.3 Å². The van der Waals surface area contributed by atoms with Gasteiger partial charge in [0, 0.05) is 17.6 Å². The van der Waals surface area contributed by atoms with E-state index in [-0.39, 0.29) is 11.0 Å².